The van der Waals surface area contributed by atoms with Crippen LogP contribution in [0.3, 0.4) is 0 Å². The predicted molar refractivity (Wildman–Crippen MR) is 91.5 cm³/mol. The average Bonchev–Trinajstić information content (AvgIpc) is 2.90. The van der Waals surface area contributed by atoms with Gasteiger partial charge in [-0.05, 0) is 38.5 Å². The highest BCUT2D eigenvalue weighted by molar-refractivity contribution is 6.00. The standard InChI is InChI=1S/C18H19FN2O5/c1-4-25-18(24)16-10(2)15(11(3)20-16)17(23)26-9-14(22)21-13-8-6-5-7-12(13)19/h5-8,20H,4,9H2,1-3H3,(H,21,22). The molecule has 1 aromatic heterocycles. The summed E-state index contributed by atoms with van der Waals surface area (Å²) < 4.78 is 23.4. The Morgan fingerprint density at radius 1 is 1.12 bits per heavy atom. The molecule has 0 radical (unpaired) electrons. The van der Waals surface area contributed by atoms with Crippen LogP contribution in [0.2, 0.25) is 0 Å². The first-order chi connectivity index (χ1) is 12.3. The second-order valence-corrected chi connectivity index (χ2v) is 5.45. The first-order valence-electron chi connectivity index (χ1n) is 7.92. The van der Waals surface area contributed by atoms with Crippen LogP contribution >= 0.6 is 0 Å². The van der Waals surface area contributed by atoms with Crippen LogP contribution in [0.15, 0.2) is 24.3 Å². The van der Waals surface area contributed by atoms with Crippen molar-refractivity contribution < 1.29 is 28.2 Å². The largest absolute Gasteiger partial charge is 0.461 e. The molecular weight excluding hydrogens is 343 g/mol. The van der Waals surface area contributed by atoms with Gasteiger partial charge in [-0.3, -0.25) is 4.79 Å². The van der Waals surface area contributed by atoms with Crippen molar-refractivity contribution >= 4 is 23.5 Å². The summed E-state index contributed by atoms with van der Waals surface area (Å²) in [6.07, 6.45) is 0. The Hall–Kier alpha value is -3.16. The summed E-state index contributed by atoms with van der Waals surface area (Å²) >= 11 is 0. The van der Waals surface area contributed by atoms with Gasteiger partial charge < -0.3 is 19.8 Å². The van der Waals surface area contributed by atoms with Gasteiger partial charge in [-0.1, -0.05) is 12.1 Å². The number of rotatable bonds is 6. The van der Waals surface area contributed by atoms with Crippen LogP contribution in [0.4, 0.5) is 10.1 Å². The van der Waals surface area contributed by atoms with E-state index in [1.165, 1.54) is 18.2 Å². The lowest BCUT2D eigenvalue weighted by Gasteiger charge is -2.08. The third-order valence-electron chi connectivity index (χ3n) is 3.60. The minimum Gasteiger partial charge on any atom is -0.461 e. The van der Waals surface area contributed by atoms with Gasteiger partial charge in [0, 0.05) is 5.69 Å². The van der Waals surface area contributed by atoms with Crippen LogP contribution < -0.4 is 5.32 Å². The number of aromatic nitrogens is 1. The number of amides is 1. The van der Waals surface area contributed by atoms with Crippen molar-refractivity contribution in [3.63, 3.8) is 0 Å². The Bertz CT molecular complexity index is 844. The van der Waals surface area contributed by atoms with E-state index in [0.29, 0.717) is 11.3 Å². The zero-order chi connectivity index (χ0) is 19.3. The van der Waals surface area contributed by atoms with Crippen molar-refractivity contribution in [3.05, 3.63) is 52.6 Å². The number of H-pyrrole nitrogens is 1. The summed E-state index contributed by atoms with van der Waals surface area (Å²) in [6, 6.07) is 5.64. The van der Waals surface area contributed by atoms with Crippen molar-refractivity contribution in [1.82, 2.24) is 4.98 Å². The number of halogens is 1. The van der Waals surface area contributed by atoms with Crippen molar-refractivity contribution in [2.24, 2.45) is 0 Å². The van der Waals surface area contributed by atoms with Crippen molar-refractivity contribution in [3.8, 4) is 0 Å². The maximum absolute atomic E-state index is 13.5. The summed E-state index contributed by atoms with van der Waals surface area (Å²) in [4.78, 5) is 38.7. The molecular formula is C18H19FN2O5. The summed E-state index contributed by atoms with van der Waals surface area (Å²) in [7, 11) is 0. The smallest absolute Gasteiger partial charge is 0.355 e. The van der Waals surface area contributed by atoms with E-state index in [0.717, 1.165) is 0 Å². The Balaban J connectivity index is 2.03. The third-order valence-corrected chi connectivity index (χ3v) is 3.60. The van der Waals surface area contributed by atoms with Gasteiger partial charge in [0.1, 0.15) is 11.5 Å². The Labute approximate surface area is 149 Å². The molecule has 0 atom stereocenters. The number of benzene rings is 1. The van der Waals surface area contributed by atoms with E-state index in [9.17, 15) is 18.8 Å². The zero-order valence-corrected chi connectivity index (χ0v) is 14.6. The van der Waals surface area contributed by atoms with Gasteiger partial charge in [-0.15, -0.1) is 0 Å². The van der Waals surface area contributed by atoms with Crippen LogP contribution in [0.1, 0.15) is 39.0 Å². The molecule has 0 aliphatic heterocycles. The van der Waals surface area contributed by atoms with Crippen LogP contribution in [0.5, 0.6) is 0 Å². The van der Waals surface area contributed by atoms with Crippen molar-refractivity contribution in [2.45, 2.75) is 20.8 Å². The highest BCUT2D eigenvalue weighted by Crippen LogP contribution is 2.20. The number of carbonyl (C=O) groups excluding carboxylic acids is 3. The summed E-state index contributed by atoms with van der Waals surface area (Å²) in [6.45, 7) is 4.46. The monoisotopic (exact) mass is 362 g/mol. The van der Waals surface area contributed by atoms with E-state index in [1.54, 1.807) is 26.8 Å². The molecule has 2 rings (SSSR count). The maximum Gasteiger partial charge on any atom is 0.355 e. The van der Waals surface area contributed by atoms with Gasteiger partial charge in [0.25, 0.3) is 5.91 Å². The second kappa shape index (κ2) is 8.28. The summed E-state index contributed by atoms with van der Waals surface area (Å²) in [5.74, 6) is -2.62. The number of ether oxygens (including phenoxy) is 2. The van der Waals surface area contributed by atoms with Gasteiger partial charge in [0.15, 0.2) is 6.61 Å². The number of aromatic amines is 1. The topological polar surface area (TPSA) is 97.5 Å². The molecule has 0 bridgehead atoms. The molecule has 7 nitrogen and oxygen atoms in total. The van der Waals surface area contributed by atoms with Crippen LogP contribution in [0.25, 0.3) is 0 Å². The molecule has 2 N–H and O–H groups in total. The summed E-state index contributed by atoms with van der Waals surface area (Å²) in [5.41, 5.74) is 1.11. The number of hydrogen-bond donors (Lipinski definition) is 2. The number of para-hydroxylation sites is 1. The Kier molecular flexibility index (Phi) is 6.11. The first kappa shape index (κ1) is 19.2. The minimum atomic E-state index is -0.768. The molecule has 1 heterocycles. The highest BCUT2D eigenvalue weighted by Gasteiger charge is 2.24. The van der Waals surface area contributed by atoms with Gasteiger partial charge >= 0.3 is 11.9 Å². The highest BCUT2D eigenvalue weighted by atomic mass is 19.1. The maximum atomic E-state index is 13.5. The lowest BCUT2D eigenvalue weighted by molar-refractivity contribution is -0.119. The number of aryl methyl sites for hydroxylation is 1. The Morgan fingerprint density at radius 2 is 1.81 bits per heavy atom. The molecule has 8 heteroatoms. The normalized spacial score (nSPS) is 10.3. The molecule has 0 spiro atoms. The van der Waals surface area contributed by atoms with Crippen LogP contribution in [-0.4, -0.2) is 36.0 Å². The third kappa shape index (κ3) is 4.27. The van der Waals surface area contributed by atoms with Crippen LogP contribution in [0, 0.1) is 19.7 Å². The molecule has 2 aromatic rings. The number of carbonyl (C=O) groups is 3. The molecule has 1 amide bonds. The fourth-order valence-electron chi connectivity index (χ4n) is 2.42. The zero-order valence-electron chi connectivity index (χ0n) is 14.6. The second-order valence-electron chi connectivity index (χ2n) is 5.45. The molecule has 0 aliphatic carbocycles. The lowest BCUT2D eigenvalue weighted by Crippen LogP contribution is -2.22. The van der Waals surface area contributed by atoms with E-state index in [-0.39, 0.29) is 23.6 Å². The SMILES string of the molecule is CCOC(=O)c1[nH]c(C)c(C(=O)OCC(=O)Nc2ccccc2F)c1C. The van der Waals surface area contributed by atoms with E-state index in [2.05, 4.69) is 10.3 Å². The lowest BCUT2D eigenvalue weighted by atomic mass is 10.1. The van der Waals surface area contributed by atoms with E-state index >= 15 is 0 Å². The minimum absolute atomic E-state index is 0.00727. The molecule has 1 aromatic carbocycles. The first-order valence-corrected chi connectivity index (χ1v) is 7.92. The van der Waals surface area contributed by atoms with Crippen LogP contribution in [-0.2, 0) is 14.3 Å². The van der Waals surface area contributed by atoms with E-state index in [1.807, 2.05) is 0 Å². The average molecular weight is 362 g/mol. The van der Waals surface area contributed by atoms with E-state index < -0.39 is 30.3 Å². The van der Waals surface area contributed by atoms with E-state index in [4.69, 9.17) is 9.47 Å². The Morgan fingerprint density at radius 3 is 2.46 bits per heavy atom. The molecule has 26 heavy (non-hydrogen) atoms. The van der Waals surface area contributed by atoms with Gasteiger partial charge in [-0.25, -0.2) is 14.0 Å². The fraction of sp³-hybridized carbons (Fsp3) is 0.278. The number of anilines is 1. The number of hydrogen-bond acceptors (Lipinski definition) is 5. The number of nitrogens with one attached hydrogen (secondary N) is 2. The van der Waals surface area contributed by atoms with Gasteiger partial charge in [0.05, 0.1) is 17.9 Å². The molecule has 0 fully saturated rings. The predicted octanol–water partition coefficient (Wildman–Crippen LogP) is 2.74. The molecule has 0 saturated heterocycles. The summed E-state index contributed by atoms with van der Waals surface area (Å²) in [5, 5.41) is 2.31. The fourth-order valence-corrected chi connectivity index (χ4v) is 2.42. The quantitative estimate of drug-likeness (QED) is 0.770. The molecule has 0 saturated carbocycles. The number of esters is 2. The molecule has 0 unspecified atom stereocenters. The molecule has 0 aliphatic rings. The van der Waals surface area contributed by atoms with Crippen molar-refractivity contribution in [1.29, 1.82) is 0 Å². The van der Waals surface area contributed by atoms with Crippen molar-refractivity contribution in [2.75, 3.05) is 18.5 Å². The van der Waals surface area contributed by atoms with Gasteiger partial charge in [0.2, 0.25) is 0 Å². The van der Waals surface area contributed by atoms with Gasteiger partial charge in [-0.2, -0.15) is 0 Å². The molecule has 138 valence electrons.